The molecule has 1 N–H and O–H groups in total. The molecular formula is C13H21N3O2S. The van der Waals surface area contributed by atoms with Gasteiger partial charge in [-0.1, -0.05) is 12.1 Å². The molecule has 1 aromatic rings. The van der Waals surface area contributed by atoms with Gasteiger partial charge in [0.15, 0.2) is 0 Å². The highest BCUT2D eigenvalue weighted by Gasteiger charge is 2.44. The Balaban J connectivity index is 1.77. The normalized spacial score (nSPS) is 29.4. The molecule has 1 saturated carbocycles. The first-order valence-corrected chi connectivity index (χ1v) is 8.15. The van der Waals surface area contributed by atoms with Crippen LogP contribution in [-0.4, -0.2) is 41.3 Å². The summed E-state index contributed by atoms with van der Waals surface area (Å²) in [4.78, 5) is 4.63. The van der Waals surface area contributed by atoms with Crippen LogP contribution in [-0.2, 0) is 10.3 Å². The number of thioether (sulfide) groups is 1. The molecule has 2 heterocycles. The van der Waals surface area contributed by atoms with E-state index in [1.165, 1.54) is 6.42 Å². The Labute approximate surface area is 117 Å². The minimum Gasteiger partial charge on any atom is -0.370 e. The fourth-order valence-electron chi connectivity index (χ4n) is 2.85. The van der Waals surface area contributed by atoms with Gasteiger partial charge in [0.05, 0.1) is 5.92 Å². The van der Waals surface area contributed by atoms with E-state index in [0.29, 0.717) is 12.0 Å². The van der Waals surface area contributed by atoms with Crippen molar-refractivity contribution >= 4 is 11.8 Å². The Bertz CT molecular complexity index is 428. The Morgan fingerprint density at radius 1 is 1.47 bits per heavy atom. The summed E-state index contributed by atoms with van der Waals surface area (Å²) in [6.45, 7) is 3.11. The average molecular weight is 283 g/mol. The molecule has 2 unspecified atom stereocenters. The van der Waals surface area contributed by atoms with Gasteiger partial charge >= 0.3 is 0 Å². The Morgan fingerprint density at radius 3 is 2.95 bits per heavy atom. The van der Waals surface area contributed by atoms with Gasteiger partial charge in [-0.2, -0.15) is 16.7 Å². The summed E-state index contributed by atoms with van der Waals surface area (Å²) in [6.07, 6.45) is 3.17. The van der Waals surface area contributed by atoms with Crippen molar-refractivity contribution in [3.05, 3.63) is 11.7 Å². The van der Waals surface area contributed by atoms with Gasteiger partial charge < -0.3 is 14.6 Å². The van der Waals surface area contributed by atoms with Gasteiger partial charge in [-0.25, -0.2) is 0 Å². The molecule has 1 aromatic heterocycles. The van der Waals surface area contributed by atoms with Crippen molar-refractivity contribution in [1.82, 2.24) is 15.5 Å². The number of nitrogens with zero attached hydrogens (tertiary/aromatic N) is 2. The van der Waals surface area contributed by atoms with Crippen molar-refractivity contribution < 1.29 is 9.26 Å². The van der Waals surface area contributed by atoms with E-state index in [2.05, 4.69) is 22.4 Å². The van der Waals surface area contributed by atoms with Gasteiger partial charge in [0.25, 0.3) is 0 Å². The predicted octanol–water partition coefficient (Wildman–Crippen LogP) is 1.90. The molecule has 6 heteroatoms. The summed E-state index contributed by atoms with van der Waals surface area (Å²) in [5.41, 5.74) is -0.277. The molecule has 1 aliphatic carbocycles. The van der Waals surface area contributed by atoms with Gasteiger partial charge in [-0.3, -0.25) is 0 Å². The maximum atomic E-state index is 5.60. The lowest BCUT2D eigenvalue weighted by molar-refractivity contribution is -0.0858. The van der Waals surface area contributed by atoms with Crippen molar-refractivity contribution in [2.75, 3.05) is 25.2 Å². The summed E-state index contributed by atoms with van der Waals surface area (Å²) in [5.74, 6) is 4.02. The average Bonchev–Trinajstić information content (AvgIpc) is 2.98. The lowest BCUT2D eigenvalue weighted by Gasteiger charge is -2.37. The van der Waals surface area contributed by atoms with E-state index >= 15 is 0 Å². The van der Waals surface area contributed by atoms with Crippen molar-refractivity contribution in [3.63, 3.8) is 0 Å². The number of aromatic nitrogens is 2. The van der Waals surface area contributed by atoms with Gasteiger partial charge in [-0.05, 0) is 25.8 Å². The predicted molar refractivity (Wildman–Crippen MR) is 74.4 cm³/mol. The minimum absolute atomic E-state index is 0.277. The molecule has 5 nitrogen and oxygen atoms in total. The molecule has 0 amide bonds. The SMILES string of the molecule is CCNC1CSCC1c1nc(C2(OC)CCC2)no1. The van der Waals surface area contributed by atoms with Crippen LogP contribution < -0.4 is 5.32 Å². The Kier molecular flexibility index (Phi) is 3.82. The summed E-state index contributed by atoms with van der Waals surface area (Å²) in [5, 5.41) is 7.68. The molecule has 3 rings (SSSR count). The van der Waals surface area contributed by atoms with Crippen molar-refractivity contribution in [1.29, 1.82) is 0 Å². The van der Waals surface area contributed by atoms with E-state index in [1.54, 1.807) is 7.11 Å². The van der Waals surface area contributed by atoms with E-state index in [-0.39, 0.29) is 5.60 Å². The molecule has 2 fully saturated rings. The summed E-state index contributed by atoms with van der Waals surface area (Å²) < 4.78 is 11.1. The second kappa shape index (κ2) is 5.42. The zero-order chi connectivity index (χ0) is 13.3. The molecule has 0 spiro atoms. The number of rotatable bonds is 5. The van der Waals surface area contributed by atoms with Crippen LogP contribution >= 0.6 is 11.8 Å². The molecule has 0 bridgehead atoms. The topological polar surface area (TPSA) is 60.2 Å². The lowest BCUT2D eigenvalue weighted by Crippen LogP contribution is -2.37. The largest absolute Gasteiger partial charge is 0.370 e. The second-order valence-corrected chi connectivity index (χ2v) is 6.39. The van der Waals surface area contributed by atoms with Gasteiger partial charge in [-0.15, -0.1) is 0 Å². The highest BCUT2D eigenvalue weighted by molar-refractivity contribution is 7.99. The number of hydrogen-bond acceptors (Lipinski definition) is 6. The molecule has 0 aromatic carbocycles. The smallest absolute Gasteiger partial charge is 0.232 e. The number of nitrogens with one attached hydrogen (secondary N) is 1. The first-order valence-electron chi connectivity index (χ1n) is 6.99. The molecule has 19 heavy (non-hydrogen) atoms. The minimum atomic E-state index is -0.277. The maximum absolute atomic E-state index is 5.60. The highest BCUT2D eigenvalue weighted by atomic mass is 32.2. The fraction of sp³-hybridized carbons (Fsp3) is 0.846. The molecule has 0 radical (unpaired) electrons. The van der Waals surface area contributed by atoms with E-state index in [4.69, 9.17) is 9.26 Å². The summed E-state index contributed by atoms with van der Waals surface area (Å²) in [7, 11) is 1.74. The molecule has 1 saturated heterocycles. The van der Waals surface area contributed by atoms with Crippen molar-refractivity contribution in [3.8, 4) is 0 Å². The van der Waals surface area contributed by atoms with E-state index < -0.39 is 0 Å². The van der Waals surface area contributed by atoms with E-state index in [0.717, 1.165) is 42.6 Å². The first kappa shape index (κ1) is 13.4. The van der Waals surface area contributed by atoms with Crippen LogP contribution in [0.25, 0.3) is 0 Å². The third kappa shape index (κ3) is 2.30. The van der Waals surface area contributed by atoms with Crippen LogP contribution in [0.1, 0.15) is 43.8 Å². The monoisotopic (exact) mass is 283 g/mol. The van der Waals surface area contributed by atoms with Gasteiger partial charge in [0.1, 0.15) is 5.60 Å². The van der Waals surface area contributed by atoms with Crippen LogP contribution in [0, 0.1) is 0 Å². The third-order valence-corrected chi connectivity index (χ3v) is 5.45. The van der Waals surface area contributed by atoms with E-state index in [1.807, 2.05) is 11.8 Å². The number of likely N-dealkylation sites (N-methyl/N-ethyl adjacent to an activating group) is 1. The van der Waals surface area contributed by atoms with Crippen LogP contribution in [0.2, 0.25) is 0 Å². The molecular weight excluding hydrogens is 262 g/mol. The number of ether oxygens (including phenoxy) is 1. The van der Waals surface area contributed by atoms with E-state index in [9.17, 15) is 0 Å². The molecule has 2 aliphatic rings. The van der Waals surface area contributed by atoms with Crippen molar-refractivity contribution in [2.24, 2.45) is 0 Å². The summed E-state index contributed by atoms with van der Waals surface area (Å²) >= 11 is 1.95. The maximum Gasteiger partial charge on any atom is 0.232 e. The van der Waals surface area contributed by atoms with Gasteiger partial charge in [0.2, 0.25) is 11.7 Å². The number of methoxy groups -OCH3 is 1. The van der Waals surface area contributed by atoms with Crippen molar-refractivity contribution in [2.45, 2.75) is 43.7 Å². The quantitative estimate of drug-likeness (QED) is 0.890. The lowest BCUT2D eigenvalue weighted by atomic mass is 9.79. The molecule has 106 valence electrons. The van der Waals surface area contributed by atoms with Crippen LogP contribution in [0.4, 0.5) is 0 Å². The Morgan fingerprint density at radius 2 is 2.32 bits per heavy atom. The Hall–Kier alpha value is -0.590. The molecule has 1 aliphatic heterocycles. The molecule has 2 atom stereocenters. The standard InChI is InChI=1S/C13H21N3O2S/c1-3-14-10-8-19-7-9(10)11-15-12(16-18-11)13(17-2)5-4-6-13/h9-10,14H,3-8H2,1-2H3. The second-order valence-electron chi connectivity index (χ2n) is 5.32. The van der Waals surface area contributed by atoms with Crippen LogP contribution in [0.5, 0.6) is 0 Å². The fourth-order valence-corrected chi connectivity index (χ4v) is 4.22. The number of hydrogen-bond donors (Lipinski definition) is 1. The van der Waals surface area contributed by atoms with Crippen LogP contribution in [0.3, 0.4) is 0 Å². The van der Waals surface area contributed by atoms with Gasteiger partial charge in [0, 0.05) is 24.7 Å². The first-order chi connectivity index (χ1) is 9.29. The third-order valence-electron chi connectivity index (χ3n) is 4.27. The summed E-state index contributed by atoms with van der Waals surface area (Å²) in [6, 6.07) is 0.447. The van der Waals surface area contributed by atoms with Crippen LogP contribution in [0.15, 0.2) is 4.52 Å². The zero-order valence-corrected chi connectivity index (χ0v) is 12.3. The zero-order valence-electron chi connectivity index (χ0n) is 11.5. The highest BCUT2D eigenvalue weighted by Crippen LogP contribution is 2.43.